The van der Waals surface area contributed by atoms with Gasteiger partial charge in [-0.05, 0) is 53.6 Å². The highest BCUT2D eigenvalue weighted by Crippen LogP contribution is 2.38. The van der Waals surface area contributed by atoms with E-state index in [9.17, 15) is 4.79 Å². The van der Waals surface area contributed by atoms with E-state index in [0.717, 1.165) is 36.1 Å². The molecule has 1 amide bonds. The first kappa shape index (κ1) is 13.2. The Morgan fingerprint density at radius 2 is 2.21 bits per heavy atom. The number of carbonyl (C=O) groups is 1. The zero-order chi connectivity index (χ0) is 13.4. The molecule has 2 heterocycles. The maximum atomic E-state index is 12.6. The number of rotatable bonds is 4. The van der Waals surface area contributed by atoms with Crippen LogP contribution in [0.1, 0.15) is 42.2 Å². The molecule has 5 heteroatoms. The van der Waals surface area contributed by atoms with E-state index in [-0.39, 0.29) is 12.5 Å². The quantitative estimate of drug-likeness (QED) is 0.923. The van der Waals surface area contributed by atoms with Gasteiger partial charge in [-0.1, -0.05) is 0 Å². The van der Waals surface area contributed by atoms with Crippen molar-refractivity contribution in [1.29, 1.82) is 0 Å². The molecule has 1 aromatic heterocycles. The lowest BCUT2D eigenvalue weighted by molar-refractivity contribution is 0.0774. The van der Waals surface area contributed by atoms with E-state index in [1.807, 2.05) is 17.2 Å². The molecule has 104 valence electrons. The van der Waals surface area contributed by atoms with Crippen LogP contribution in [0.25, 0.3) is 0 Å². The third kappa shape index (κ3) is 2.72. The molecule has 19 heavy (non-hydrogen) atoms. The topological polar surface area (TPSA) is 45.5 Å². The van der Waals surface area contributed by atoms with E-state index in [0.29, 0.717) is 12.0 Å². The van der Waals surface area contributed by atoms with Crippen LogP contribution in [0.15, 0.2) is 16.7 Å². The third-order valence-corrected chi connectivity index (χ3v) is 4.52. The lowest BCUT2D eigenvalue weighted by Crippen LogP contribution is -2.30. The molecule has 3 rings (SSSR count). The zero-order valence-corrected chi connectivity index (χ0v) is 12.5. The van der Waals surface area contributed by atoms with Crippen LogP contribution in [0.5, 0.6) is 0 Å². The summed E-state index contributed by atoms with van der Waals surface area (Å²) in [4.78, 5) is 14.5. The van der Waals surface area contributed by atoms with Gasteiger partial charge in [0.1, 0.15) is 5.69 Å². The zero-order valence-electron chi connectivity index (χ0n) is 10.9. The first-order chi connectivity index (χ1) is 9.19. The smallest absolute Gasteiger partial charge is 0.270 e. The fourth-order valence-corrected chi connectivity index (χ4v) is 3.31. The van der Waals surface area contributed by atoms with Crippen molar-refractivity contribution < 1.29 is 9.90 Å². The molecule has 1 saturated heterocycles. The van der Waals surface area contributed by atoms with E-state index in [4.69, 9.17) is 5.11 Å². The largest absolute Gasteiger partial charge is 0.396 e. The minimum atomic E-state index is 0.137. The molecule has 2 aliphatic rings. The molecule has 0 spiro atoms. The van der Waals surface area contributed by atoms with Gasteiger partial charge in [0.25, 0.3) is 5.91 Å². The van der Waals surface area contributed by atoms with Crippen LogP contribution in [0.3, 0.4) is 0 Å². The summed E-state index contributed by atoms with van der Waals surface area (Å²) < 4.78 is 3.10. The fraction of sp³-hybridized carbons (Fsp3) is 0.643. The summed E-state index contributed by atoms with van der Waals surface area (Å²) in [6.45, 7) is 1.82. The molecular formula is C14H19BrN2O2. The van der Waals surface area contributed by atoms with Gasteiger partial charge in [0.05, 0.1) is 0 Å². The van der Waals surface area contributed by atoms with E-state index in [2.05, 4.69) is 20.5 Å². The first-order valence-corrected chi connectivity index (χ1v) is 7.76. The SMILES string of the molecule is O=C(c1cc(Br)cn1C1CC1)N1CCC(CCO)C1. The summed E-state index contributed by atoms with van der Waals surface area (Å²) in [5.74, 6) is 0.597. The van der Waals surface area contributed by atoms with Gasteiger partial charge in [0.15, 0.2) is 0 Å². The minimum absolute atomic E-state index is 0.137. The van der Waals surface area contributed by atoms with Crippen molar-refractivity contribution in [2.45, 2.75) is 31.7 Å². The highest BCUT2D eigenvalue weighted by Gasteiger charge is 2.32. The van der Waals surface area contributed by atoms with Crippen LogP contribution >= 0.6 is 15.9 Å². The van der Waals surface area contributed by atoms with Gasteiger partial charge in [0.2, 0.25) is 0 Å². The van der Waals surface area contributed by atoms with Crippen molar-refractivity contribution in [2.75, 3.05) is 19.7 Å². The highest BCUT2D eigenvalue weighted by molar-refractivity contribution is 9.10. The maximum Gasteiger partial charge on any atom is 0.270 e. The summed E-state index contributed by atoms with van der Waals surface area (Å²) in [6, 6.07) is 2.45. The number of carbonyl (C=O) groups excluding carboxylic acids is 1. The molecular weight excluding hydrogens is 308 g/mol. The Bertz CT molecular complexity index is 482. The summed E-state index contributed by atoms with van der Waals surface area (Å²) in [6.07, 6.45) is 6.18. The number of aromatic nitrogens is 1. The Labute approximate surface area is 121 Å². The normalized spacial score (nSPS) is 23.1. The average Bonchev–Trinajstić information content (AvgIpc) is 3.01. The molecule has 4 nitrogen and oxygen atoms in total. The molecule has 1 atom stereocenters. The second-order valence-electron chi connectivity index (χ2n) is 5.60. The summed E-state index contributed by atoms with van der Waals surface area (Å²) in [7, 11) is 0. The van der Waals surface area contributed by atoms with Gasteiger partial charge >= 0.3 is 0 Å². The van der Waals surface area contributed by atoms with E-state index in [1.165, 1.54) is 12.8 Å². The van der Waals surface area contributed by atoms with Crippen molar-refractivity contribution in [3.63, 3.8) is 0 Å². The fourth-order valence-electron chi connectivity index (χ4n) is 2.87. The molecule has 1 aliphatic heterocycles. The van der Waals surface area contributed by atoms with Crippen molar-refractivity contribution >= 4 is 21.8 Å². The van der Waals surface area contributed by atoms with Gasteiger partial charge < -0.3 is 14.6 Å². The Morgan fingerprint density at radius 3 is 2.89 bits per heavy atom. The average molecular weight is 327 g/mol. The number of hydrogen-bond donors (Lipinski definition) is 1. The summed E-state index contributed by atoms with van der Waals surface area (Å²) in [5, 5.41) is 8.98. The maximum absolute atomic E-state index is 12.6. The molecule has 1 saturated carbocycles. The Kier molecular flexibility index (Phi) is 3.67. The molecule has 1 aromatic rings. The highest BCUT2D eigenvalue weighted by atomic mass is 79.9. The molecule has 1 unspecified atom stereocenters. The second kappa shape index (κ2) is 5.29. The molecule has 2 fully saturated rings. The minimum Gasteiger partial charge on any atom is -0.396 e. The monoisotopic (exact) mass is 326 g/mol. The van der Waals surface area contributed by atoms with Gasteiger partial charge in [-0.15, -0.1) is 0 Å². The van der Waals surface area contributed by atoms with E-state index in [1.54, 1.807) is 0 Å². The number of nitrogens with zero attached hydrogens (tertiary/aromatic N) is 2. The Morgan fingerprint density at radius 1 is 1.42 bits per heavy atom. The van der Waals surface area contributed by atoms with Crippen LogP contribution in [0.2, 0.25) is 0 Å². The standard InChI is InChI=1S/C14H19BrN2O2/c15-11-7-13(17(9-11)12-1-2-12)14(19)16-5-3-10(8-16)4-6-18/h7,9-10,12,18H,1-6,8H2. The van der Waals surface area contributed by atoms with Crippen molar-refractivity contribution in [2.24, 2.45) is 5.92 Å². The van der Waals surface area contributed by atoms with Gasteiger partial charge in [0, 0.05) is 36.4 Å². The molecule has 1 N–H and O–H groups in total. The Hall–Kier alpha value is -0.810. The van der Waals surface area contributed by atoms with E-state index >= 15 is 0 Å². The number of aliphatic hydroxyl groups excluding tert-OH is 1. The number of amides is 1. The van der Waals surface area contributed by atoms with Gasteiger partial charge in [-0.25, -0.2) is 0 Å². The molecule has 1 aliphatic carbocycles. The Balaban J connectivity index is 1.73. The van der Waals surface area contributed by atoms with E-state index < -0.39 is 0 Å². The summed E-state index contributed by atoms with van der Waals surface area (Å²) >= 11 is 3.47. The first-order valence-electron chi connectivity index (χ1n) is 6.96. The van der Waals surface area contributed by atoms with Crippen LogP contribution < -0.4 is 0 Å². The van der Waals surface area contributed by atoms with Crippen molar-refractivity contribution in [3.05, 3.63) is 22.4 Å². The number of hydrogen-bond acceptors (Lipinski definition) is 2. The number of likely N-dealkylation sites (tertiary alicyclic amines) is 1. The van der Waals surface area contributed by atoms with Crippen molar-refractivity contribution in [1.82, 2.24) is 9.47 Å². The predicted octanol–water partition coefficient (Wildman–Crippen LogP) is 2.43. The molecule has 0 aromatic carbocycles. The third-order valence-electron chi connectivity index (χ3n) is 4.08. The molecule has 0 bridgehead atoms. The number of halogens is 1. The van der Waals surface area contributed by atoms with Crippen molar-refractivity contribution in [3.8, 4) is 0 Å². The van der Waals surface area contributed by atoms with Crippen LogP contribution in [0.4, 0.5) is 0 Å². The lowest BCUT2D eigenvalue weighted by Gasteiger charge is -2.17. The second-order valence-corrected chi connectivity index (χ2v) is 6.52. The van der Waals surface area contributed by atoms with Crippen LogP contribution in [-0.4, -0.2) is 40.2 Å². The lowest BCUT2D eigenvalue weighted by atomic mass is 10.1. The van der Waals surface area contributed by atoms with Crippen LogP contribution in [-0.2, 0) is 0 Å². The predicted molar refractivity (Wildman–Crippen MR) is 76.1 cm³/mol. The van der Waals surface area contributed by atoms with Gasteiger partial charge in [-0.2, -0.15) is 0 Å². The summed E-state index contributed by atoms with van der Waals surface area (Å²) in [5.41, 5.74) is 0.805. The number of aliphatic hydroxyl groups is 1. The van der Waals surface area contributed by atoms with Crippen LogP contribution in [0, 0.1) is 5.92 Å². The van der Waals surface area contributed by atoms with Gasteiger partial charge in [-0.3, -0.25) is 4.79 Å². The molecule has 0 radical (unpaired) electrons.